The molecule has 5 nitrogen and oxygen atoms in total. The molecule has 0 unspecified atom stereocenters. The molecule has 0 saturated carbocycles. The van der Waals surface area contributed by atoms with E-state index in [0.29, 0.717) is 5.69 Å². The van der Waals surface area contributed by atoms with Crippen LogP contribution in [0.2, 0.25) is 0 Å². The second-order valence-electron chi connectivity index (χ2n) is 5.12. The fourth-order valence-corrected chi connectivity index (χ4v) is 2.13. The van der Waals surface area contributed by atoms with Crippen molar-refractivity contribution >= 4 is 11.6 Å². The van der Waals surface area contributed by atoms with Crippen LogP contribution in [0.25, 0.3) is 5.69 Å². The molecule has 0 fully saturated rings. The van der Waals surface area contributed by atoms with Crippen molar-refractivity contribution in [2.75, 3.05) is 5.32 Å². The van der Waals surface area contributed by atoms with Crippen LogP contribution in [0.5, 0.6) is 0 Å². The minimum Gasteiger partial charge on any atom is -0.319 e. The summed E-state index contributed by atoms with van der Waals surface area (Å²) in [6.07, 6.45) is 2.18. The number of benzene rings is 2. The predicted octanol–water partition coefficient (Wildman–Crippen LogP) is 3.36. The maximum atomic E-state index is 13.3. The Morgan fingerprint density at radius 2 is 1.88 bits per heavy atom. The third-order valence-corrected chi connectivity index (χ3v) is 3.48. The molecule has 3 aromatic rings. The van der Waals surface area contributed by atoms with Crippen molar-refractivity contribution in [1.29, 1.82) is 0 Å². The summed E-state index contributed by atoms with van der Waals surface area (Å²) in [7, 11) is 0. The molecule has 0 aliphatic rings. The third-order valence-electron chi connectivity index (χ3n) is 3.48. The van der Waals surface area contributed by atoms with E-state index in [2.05, 4.69) is 15.4 Å². The van der Waals surface area contributed by atoms with E-state index in [0.717, 1.165) is 24.1 Å². The van der Waals surface area contributed by atoms with E-state index < -0.39 is 17.5 Å². The summed E-state index contributed by atoms with van der Waals surface area (Å²) in [6, 6.07) is 10.7. The number of carbonyl (C=O) groups is 1. The average molecular weight is 328 g/mol. The molecule has 2 aromatic carbocycles. The van der Waals surface area contributed by atoms with E-state index in [-0.39, 0.29) is 11.5 Å². The molecule has 1 heterocycles. The van der Waals surface area contributed by atoms with Gasteiger partial charge in [0.25, 0.3) is 5.91 Å². The summed E-state index contributed by atoms with van der Waals surface area (Å²) in [5.74, 6) is -2.50. The lowest BCUT2D eigenvalue weighted by molar-refractivity contribution is 0.101. The van der Waals surface area contributed by atoms with Gasteiger partial charge in [-0.25, -0.2) is 18.4 Å². The Labute approximate surface area is 137 Å². The first-order valence-electron chi connectivity index (χ1n) is 7.34. The molecule has 0 spiro atoms. The first kappa shape index (κ1) is 15.8. The second-order valence-corrected chi connectivity index (χ2v) is 5.12. The van der Waals surface area contributed by atoms with Gasteiger partial charge in [-0.1, -0.05) is 19.1 Å². The summed E-state index contributed by atoms with van der Waals surface area (Å²) in [5, 5.41) is 6.67. The quantitative estimate of drug-likeness (QED) is 0.799. The molecule has 0 bridgehead atoms. The minimum atomic E-state index is -0.995. The summed E-state index contributed by atoms with van der Waals surface area (Å²) in [4.78, 5) is 16.0. The molecule has 3 rings (SSSR count). The highest BCUT2D eigenvalue weighted by Crippen LogP contribution is 2.13. The molecule has 7 heteroatoms. The Hall–Kier alpha value is -3.09. The number of hydrogen-bond acceptors (Lipinski definition) is 3. The van der Waals surface area contributed by atoms with Gasteiger partial charge in [-0.2, -0.15) is 0 Å². The number of amides is 1. The Morgan fingerprint density at radius 3 is 2.54 bits per heavy atom. The van der Waals surface area contributed by atoms with Gasteiger partial charge in [-0.15, -0.1) is 5.10 Å². The molecule has 1 N–H and O–H groups in total. The van der Waals surface area contributed by atoms with Crippen LogP contribution in [0, 0.1) is 11.6 Å². The Kier molecular flexibility index (Phi) is 4.33. The van der Waals surface area contributed by atoms with Gasteiger partial charge in [0.1, 0.15) is 6.33 Å². The molecular weight excluding hydrogens is 314 g/mol. The number of carbonyl (C=O) groups excluding carboxylic acids is 1. The molecule has 0 aliphatic heterocycles. The Morgan fingerprint density at radius 1 is 1.12 bits per heavy atom. The van der Waals surface area contributed by atoms with Crippen molar-refractivity contribution in [1.82, 2.24) is 14.8 Å². The fourth-order valence-electron chi connectivity index (χ4n) is 2.13. The number of anilines is 1. The number of rotatable bonds is 4. The molecule has 1 amide bonds. The number of halogens is 2. The van der Waals surface area contributed by atoms with Gasteiger partial charge in [-0.05, 0) is 36.2 Å². The molecule has 24 heavy (non-hydrogen) atoms. The summed E-state index contributed by atoms with van der Waals surface area (Å²) >= 11 is 0. The van der Waals surface area contributed by atoms with Gasteiger partial charge >= 0.3 is 0 Å². The smallest absolute Gasteiger partial charge is 0.295 e. The van der Waals surface area contributed by atoms with E-state index in [1.165, 1.54) is 17.1 Å². The molecule has 0 radical (unpaired) electrons. The van der Waals surface area contributed by atoms with Crippen LogP contribution < -0.4 is 5.32 Å². The standard InChI is InChI=1S/C17H14F2N4O/c1-2-11-3-5-12(6-4-11)21-17(24)16-20-10-23(22-16)13-7-8-14(18)15(19)9-13/h3-10H,2H2,1H3,(H,21,24). The summed E-state index contributed by atoms with van der Waals surface area (Å²) < 4.78 is 27.4. The monoisotopic (exact) mass is 328 g/mol. The molecule has 0 atom stereocenters. The van der Waals surface area contributed by atoms with Crippen LogP contribution in [-0.2, 0) is 6.42 Å². The van der Waals surface area contributed by atoms with Gasteiger partial charge in [-0.3, -0.25) is 4.79 Å². The molecule has 1 aromatic heterocycles. The van der Waals surface area contributed by atoms with Gasteiger partial charge in [0, 0.05) is 11.8 Å². The fraction of sp³-hybridized carbons (Fsp3) is 0.118. The first-order valence-corrected chi connectivity index (χ1v) is 7.34. The zero-order valence-corrected chi connectivity index (χ0v) is 12.8. The van der Waals surface area contributed by atoms with Crippen molar-refractivity contribution in [3.8, 4) is 5.69 Å². The number of aromatic nitrogens is 3. The second kappa shape index (κ2) is 6.57. The topological polar surface area (TPSA) is 59.8 Å². The van der Waals surface area contributed by atoms with Crippen LogP contribution in [0.3, 0.4) is 0 Å². The Bertz CT molecular complexity index is 875. The van der Waals surface area contributed by atoms with Crippen LogP contribution in [0.15, 0.2) is 48.8 Å². The van der Waals surface area contributed by atoms with E-state index in [9.17, 15) is 13.6 Å². The van der Waals surface area contributed by atoms with E-state index >= 15 is 0 Å². The highest BCUT2D eigenvalue weighted by molar-refractivity contribution is 6.01. The van der Waals surface area contributed by atoms with Gasteiger partial charge in [0.05, 0.1) is 5.69 Å². The molecule has 0 aliphatic carbocycles. The predicted molar refractivity (Wildman–Crippen MR) is 85.0 cm³/mol. The van der Waals surface area contributed by atoms with E-state index in [4.69, 9.17) is 0 Å². The number of nitrogens with zero attached hydrogens (tertiary/aromatic N) is 3. The zero-order valence-electron chi connectivity index (χ0n) is 12.8. The lowest BCUT2D eigenvalue weighted by Gasteiger charge is -2.04. The summed E-state index contributed by atoms with van der Waals surface area (Å²) in [6.45, 7) is 2.04. The average Bonchev–Trinajstić information content (AvgIpc) is 3.08. The zero-order chi connectivity index (χ0) is 17.1. The number of hydrogen-bond donors (Lipinski definition) is 1. The Balaban J connectivity index is 1.76. The maximum absolute atomic E-state index is 13.3. The minimum absolute atomic E-state index is 0.0701. The van der Waals surface area contributed by atoms with Crippen LogP contribution >= 0.6 is 0 Å². The van der Waals surface area contributed by atoms with Gasteiger partial charge in [0.15, 0.2) is 11.6 Å². The van der Waals surface area contributed by atoms with Crippen LogP contribution in [-0.4, -0.2) is 20.7 Å². The molecule has 122 valence electrons. The van der Waals surface area contributed by atoms with Gasteiger partial charge < -0.3 is 5.32 Å². The molecule has 0 saturated heterocycles. The van der Waals surface area contributed by atoms with Crippen LogP contribution in [0.4, 0.5) is 14.5 Å². The molecular formula is C17H14F2N4O. The summed E-state index contributed by atoms with van der Waals surface area (Å²) in [5.41, 5.74) is 2.06. The number of aryl methyl sites for hydroxylation is 1. The largest absolute Gasteiger partial charge is 0.319 e. The van der Waals surface area contributed by atoms with Crippen molar-refractivity contribution in [3.63, 3.8) is 0 Å². The van der Waals surface area contributed by atoms with E-state index in [1.54, 1.807) is 12.1 Å². The SMILES string of the molecule is CCc1ccc(NC(=O)c2ncn(-c3ccc(F)c(F)c3)n2)cc1. The van der Waals surface area contributed by atoms with Crippen molar-refractivity contribution in [2.24, 2.45) is 0 Å². The highest BCUT2D eigenvalue weighted by Gasteiger charge is 2.13. The number of nitrogens with one attached hydrogen (secondary N) is 1. The van der Waals surface area contributed by atoms with Crippen molar-refractivity contribution in [2.45, 2.75) is 13.3 Å². The van der Waals surface area contributed by atoms with Crippen molar-refractivity contribution < 1.29 is 13.6 Å². The third kappa shape index (κ3) is 3.29. The van der Waals surface area contributed by atoms with Gasteiger partial charge in [0.2, 0.25) is 5.82 Å². The van der Waals surface area contributed by atoms with Crippen LogP contribution in [0.1, 0.15) is 23.1 Å². The van der Waals surface area contributed by atoms with Crippen molar-refractivity contribution in [3.05, 3.63) is 71.8 Å². The lowest BCUT2D eigenvalue weighted by Crippen LogP contribution is -2.14. The first-order chi connectivity index (χ1) is 11.6. The highest BCUT2D eigenvalue weighted by atomic mass is 19.2. The van der Waals surface area contributed by atoms with E-state index in [1.807, 2.05) is 19.1 Å². The lowest BCUT2D eigenvalue weighted by atomic mass is 10.1. The maximum Gasteiger partial charge on any atom is 0.295 e. The normalized spacial score (nSPS) is 10.6.